The highest BCUT2D eigenvalue weighted by Crippen LogP contribution is 2.28. The minimum absolute atomic E-state index is 0.303. The predicted octanol–water partition coefficient (Wildman–Crippen LogP) is 6.05. The Kier molecular flexibility index (Phi) is 7.73. The van der Waals surface area contributed by atoms with E-state index in [0.717, 1.165) is 49.6 Å². The minimum Gasteiger partial charge on any atom is -0.288 e. The van der Waals surface area contributed by atoms with Crippen LogP contribution in [-0.2, 0) is 0 Å². The number of hydrogen-bond donors (Lipinski definition) is 0. The van der Waals surface area contributed by atoms with Gasteiger partial charge >= 0.3 is 6.18 Å². The van der Waals surface area contributed by atoms with Crippen molar-refractivity contribution in [3.8, 4) is 0 Å². The quantitative estimate of drug-likeness (QED) is 0.531. The molecule has 23 heavy (non-hydrogen) atoms. The lowest BCUT2D eigenvalue weighted by molar-refractivity contribution is -0.0864. The molecule has 1 fully saturated rings. The van der Waals surface area contributed by atoms with E-state index < -0.39 is 11.7 Å². The molecule has 0 spiro atoms. The van der Waals surface area contributed by atoms with Gasteiger partial charge < -0.3 is 0 Å². The van der Waals surface area contributed by atoms with Crippen molar-refractivity contribution in [1.29, 1.82) is 0 Å². The lowest BCUT2D eigenvalue weighted by Gasteiger charge is -2.11. The SMILES string of the molecule is CC/C(C)=C(CN=C1CCCC1)/N=C/C(=C(/C)CC)C(F)(F)F. The third-order valence-electron chi connectivity index (χ3n) is 4.30. The van der Waals surface area contributed by atoms with Crippen molar-refractivity contribution in [2.45, 2.75) is 72.4 Å². The van der Waals surface area contributed by atoms with Gasteiger partial charge in [-0.25, -0.2) is 0 Å². The zero-order valence-electron chi connectivity index (χ0n) is 14.6. The van der Waals surface area contributed by atoms with Crippen LogP contribution < -0.4 is 0 Å². The van der Waals surface area contributed by atoms with Crippen molar-refractivity contribution in [3.63, 3.8) is 0 Å². The smallest absolute Gasteiger partial charge is 0.288 e. The summed E-state index contributed by atoms with van der Waals surface area (Å²) in [7, 11) is 0. The summed E-state index contributed by atoms with van der Waals surface area (Å²) in [5.41, 5.74) is 2.46. The van der Waals surface area contributed by atoms with Crippen LogP contribution in [0.15, 0.2) is 32.4 Å². The van der Waals surface area contributed by atoms with E-state index in [4.69, 9.17) is 0 Å². The maximum Gasteiger partial charge on any atom is 0.417 e. The number of alkyl halides is 3. The topological polar surface area (TPSA) is 24.7 Å². The highest BCUT2D eigenvalue weighted by Gasteiger charge is 2.33. The van der Waals surface area contributed by atoms with Crippen molar-refractivity contribution in [3.05, 3.63) is 22.4 Å². The van der Waals surface area contributed by atoms with Gasteiger partial charge in [0.15, 0.2) is 0 Å². The average Bonchev–Trinajstić information content (AvgIpc) is 3.01. The molecule has 0 aromatic carbocycles. The van der Waals surface area contributed by atoms with Crippen molar-refractivity contribution < 1.29 is 13.2 Å². The van der Waals surface area contributed by atoms with Crippen molar-refractivity contribution in [1.82, 2.24) is 0 Å². The first-order valence-corrected chi connectivity index (χ1v) is 8.31. The molecule has 0 radical (unpaired) electrons. The highest BCUT2D eigenvalue weighted by atomic mass is 19.4. The largest absolute Gasteiger partial charge is 0.417 e. The Hall–Kier alpha value is -1.39. The first kappa shape index (κ1) is 19.7. The molecule has 1 aliphatic rings. The second-order valence-electron chi connectivity index (χ2n) is 5.97. The van der Waals surface area contributed by atoms with Gasteiger partial charge in [0.2, 0.25) is 0 Å². The number of halogens is 3. The normalized spacial score (nSPS) is 18.3. The van der Waals surface area contributed by atoms with Gasteiger partial charge in [-0.05, 0) is 52.4 Å². The van der Waals surface area contributed by atoms with Crippen LogP contribution in [0, 0.1) is 0 Å². The molecule has 0 unspecified atom stereocenters. The number of hydrogen-bond acceptors (Lipinski definition) is 2. The summed E-state index contributed by atoms with van der Waals surface area (Å²) < 4.78 is 39.4. The van der Waals surface area contributed by atoms with E-state index in [9.17, 15) is 13.2 Å². The summed E-state index contributed by atoms with van der Waals surface area (Å²) in [6.07, 6.45) is 2.05. The van der Waals surface area contributed by atoms with Crippen molar-refractivity contribution in [2.75, 3.05) is 6.54 Å². The molecule has 2 nitrogen and oxygen atoms in total. The summed E-state index contributed by atoms with van der Waals surface area (Å²) in [4.78, 5) is 8.71. The van der Waals surface area contributed by atoms with E-state index in [-0.39, 0.29) is 0 Å². The lowest BCUT2D eigenvalue weighted by atomic mass is 10.1. The molecule has 0 amide bonds. The third kappa shape index (κ3) is 6.32. The van der Waals surface area contributed by atoms with E-state index in [1.807, 2.05) is 13.8 Å². The molecule has 0 heterocycles. The fourth-order valence-electron chi connectivity index (χ4n) is 2.38. The standard InChI is InChI=1S/C18H27F3N2/c1-5-13(3)16(18(19,20)21)11-23-17(14(4)6-2)12-22-15-9-7-8-10-15/h11H,5-10,12H2,1-4H3/b16-13+,17-14+,23-11+. The van der Waals surface area contributed by atoms with E-state index in [1.165, 1.54) is 6.92 Å². The first-order chi connectivity index (χ1) is 10.8. The Morgan fingerprint density at radius 2 is 1.61 bits per heavy atom. The molecule has 0 atom stereocenters. The fourth-order valence-corrected chi connectivity index (χ4v) is 2.38. The van der Waals surface area contributed by atoms with Gasteiger partial charge in [0, 0.05) is 11.9 Å². The lowest BCUT2D eigenvalue weighted by Crippen LogP contribution is -2.15. The Morgan fingerprint density at radius 1 is 1.04 bits per heavy atom. The van der Waals surface area contributed by atoms with Crippen LogP contribution in [0.5, 0.6) is 0 Å². The average molecular weight is 328 g/mol. The predicted molar refractivity (Wildman–Crippen MR) is 91.3 cm³/mol. The number of allylic oxidation sites excluding steroid dienone is 3. The van der Waals surface area contributed by atoms with Gasteiger partial charge in [-0.3, -0.25) is 9.98 Å². The summed E-state index contributed by atoms with van der Waals surface area (Å²) >= 11 is 0. The maximum absolute atomic E-state index is 13.1. The second kappa shape index (κ2) is 9.04. The molecule has 0 aliphatic heterocycles. The summed E-state index contributed by atoms with van der Waals surface area (Å²) in [5, 5.41) is 0. The maximum atomic E-state index is 13.1. The number of aliphatic imine (C=N–C) groups is 2. The summed E-state index contributed by atoms with van der Waals surface area (Å²) in [6.45, 7) is 7.48. The number of nitrogens with zero attached hydrogens (tertiary/aromatic N) is 2. The first-order valence-electron chi connectivity index (χ1n) is 8.31. The van der Waals surface area contributed by atoms with Crippen LogP contribution in [0.2, 0.25) is 0 Å². The van der Waals surface area contributed by atoms with Crippen LogP contribution in [0.25, 0.3) is 0 Å². The van der Waals surface area contributed by atoms with E-state index >= 15 is 0 Å². The second-order valence-corrected chi connectivity index (χ2v) is 5.97. The van der Waals surface area contributed by atoms with Gasteiger partial charge in [-0.1, -0.05) is 25.0 Å². The Morgan fingerprint density at radius 3 is 2.09 bits per heavy atom. The van der Waals surface area contributed by atoms with Crippen molar-refractivity contribution >= 4 is 11.9 Å². The van der Waals surface area contributed by atoms with E-state index in [1.54, 1.807) is 6.92 Å². The molecular formula is C18H27F3N2. The van der Waals surface area contributed by atoms with Gasteiger partial charge in [-0.15, -0.1) is 0 Å². The Labute approximate surface area is 137 Å². The fraction of sp³-hybridized carbons (Fsp3) is 0.667. The highest BCUT2D eigenvalue weighted by molar-refractivity contribution is 5.86. The molecule has 0 aromatic rings. The van der Waals surface area contributed by atoms with Crippen molar-refractivity contribution in [2.24, 2.45) is 9.98 Å². The van der Waals surface area contributed by atoms with E-state index in [0.29, 0.717) is 24.2 Å². The number of rotatable bonds is 6. The van der Waals surface area contributed by atoms with Crippen LogP contribution in [0.1, 0.15) is 66.2 Å². The Balaban J connectivity index is 3.02. The van der Waals surface area contributed by atoms with Gasteiger partial charge in [0.25, 0.3) is 0 Å². The zero-order chi connectivity index (χ0) is 17.5. The minimum atomic E-state index is -4.37. The molecule has 1 saturated carbocycles. The molecular weight excluding hydrogens is 301 g/mol. The monoisotopic (exact) mass is 328 g/mol. The zero-order valence-corrected chi connectivity index (χ0v) is 14.6. The van der Waals surface area contributed by atoms with Gasteiger partial charge in [0.05, 0.1) is 17.8 Å². The molecule has 1 rings (SSSR count). The van der Waals surface area contributed by atoms with E-state index in [2.05, 4.69) is 9.98 Å². The molecule has 1 aliphatic carbocycles. The summed E-state index contributed by atoms with van der Waals surface area (Å²) in [5.74, 6) is 0. The van der Waals surface area contributed by atoms with Gasteiger partial charge in [-0.2, -0.15) is 13.2 Å². The van der Waals surface area contributed by atoms with Crippen LogP contribution in [0.3, 0.4) is 0 Å². The molecule has 0 aromatic heterocycles. The molecule has 0 bridgehead atoms. The van der Waals surface area contributed by atoms with Gasteiger partial charge in [0.1, 0.15) is 0 Å². The molecule has 0 N–H and O–H groups in total. The molecule has 0 saturated heterocycles. The van der Waals surface area contributed by atoms with Crippen LogP contribution in [0.4, 0.5) is 13.2 Å². The molecule has 130 valence electrons. The molecule has 5 heteroatoms. The third-order valence-corrected chi connectivity index (χ3v) is 4.30. The van der Waals surface area contributed by atoms with Crippen LogP contribution in [-0.4, -0.2) is 24.6 Å². The Bertz CT molecular complexity index is 515. The van der Waals surface area contributed by atoms with Crippen LogP contribution >= 0.6 is 0 Å². The summed E-state index contributed by atoms with van der Waals surface area (Å²) in [6, 6.07) is 0.